The zero-order valence-corrected chi connectivity index (χ0v) is 24.1. The lowest BCUT2D eigenvalue weighted by molar-refractivity contribution is -0.157. The van der Waals surface area contributed by atoms with Crippen LogP contribution in [0.5, 0.6) is 5.75 Å². The number of carbonyl (C=O) groups is 3. The number of nitrogens with one attached hydrogen (secondary N) is 1. The fraction of sp³-hybridized carbons (Fsp3) is 0.419. The van der Waals surface area contributed by atoms with Gasteiger partial charge in [-0.05, 0) is 56.7 Å². The lowest BCUT2D eigenvalue weighted by Crippen LogP contribution is -2.35. The molecule has 0 unspecified atom stereocenters. The van der Waals surface area contributed by atoms with Crippen LogP contribution in [0.1, 0.15) is 52.0 Å². The van der Waals surface area contributed by atoms with Crippen molar-refractivity contribution in [3.63, 3.8) is 0 Å². The van der Waals surface area contributed by atoms with Gasteiger partial charge in [0, 0.05) is 30.7 Å². The second-order valence-corrected chi connectivity index (χ2v) is 11.7. The van der Waals surface area contributed by atoms with Crippen molar-refractivity contribution in [2.24, 2.45) is 11.7 Å². The Morgan fingerprint density at radius 3 is 2.74 bits per heavy atom. The molecule has 1 aliphatic heterocycles. The molecule has 4 aromatic rings. The van der Waals surface area contributed by atoms with Crippen LogP contribution in [0.25, 0.3) is 21.9 Å². The van der Waals surface area contributed by atoms with Gasteiger partial charge in [-0.15, -0.1) is 0 Å². The average Bonchev–Trinajstić information content (AvgIpc) is 3.60. The summed E-state index contributed by atoms with van der Waals surface area (Å²) in [6.45, 7) is 6.57. The number of carbonyl (C=O) groups excluding carboxylic acids is 3. The van der Waals surface area contributed by atoms with Gasteiger partial charge in [0.1, 0.15) is 35.6 Å². The molecule has 3 heterocycles. The second-order valence-electron chi connectivity index (χ2n) is 11.7. The molecule has 0 radical (unpaired) electrons. The van der Waals surface area contributed by atoms with E-state index in [-0.39, 0.29) is 31.1 Å². The van der Waals surface area contributed by atoms with Gasteiger partial charge in [-0.25, -0.2) is 15.0 Å². The first-order valence-corrected chi connectivity index (χ1v) is 14.2. The number of fused-ring (bicyclic) bond motifs is 2. The number of esters is 1. The van der Waals surface area contributed by atoms with Crippen LogP contribution in [0.2, 0.25) is 0 Å². The summed E-state index contributed by atoms with van der Waals surface area (Å²) >= 11 is 0. The molecule has 0 aliphatic carbocycles. The fourth-order valence-electron chi connectivity index (χ4n) is 5.44. The Bertz CT molecular complexity index is 1610. The molecule has 2 aromatic heterocycles. The molecule has 11 nitrogen and oxygen atoms in total. The van der Waals surface area contributed by atoms with Gasteiger partial charge in [0.2, 0.25) is 5.91 Å². The molecule has 0 bridgehead atoms. The second kappa shape index (κ2) is 12.1. The van der Waals surface area contributed by atoms with Crippen LogP contribution >= 0.6 is 0 Å². The molecular weight excluding hydrogens is 536 g/mol. The highest BCUT2D eigenvalue weighted by molar-refractivity contribution is 5.93. The van der Waals surface area contributed by atoms with Crippen LogP contribution in [0.15, 0.2) is 49.1 Å². The molecule has 3 N–H and O–H groups in total. The number of imidazole rings is 1. The van der Waals surface area contributed by atoms with Gasteiger partial charge in [-0.3, -0.25) is 14.4 Å². The zero-order chi connectivity index (χ0) is 29.9. The number of nitrogens with two attached hydrogens (primary N) is 1. The van der Waals surface area contributed by atoms with Crippen LogP contribution in [-0.4, -0.2) is 62.4 Å². The summed E-state index contributed by atoms with van der Waals surface area (Å²) in [5, 5.41) is 1.85. The largest absolute Gasteiger partial charge is 0.491 e. The third-order valence-electron chi connectivity index (χ3n) is 7.30. The highest BCUT2D eigenvalue weighted by atomic mass is 16.6. The fourth-order valence-corrected chi connectivity index (χ4v) is 5.44. The van der Waals surface area contributed by atoms with Crippen LogP contribution in [0.4, 0.5) is 5.82 Å². The van der Waals surface area contributed by atoms with Gasteiger partial charge < -0.3 is 25.1 Å². The van der Waals surface area contributed by atoms with Crippen molar-refractivity contribution in [1.29, 1.82) is 0 Å². The maximum absolute atomic E-state index is 13.2. The maximum atomic E-state index is 13.2. The number of ether oxygens (including phenoxy) is 2. The van der Waals surface area contributed by atoms with E-state index in [0.29, 0.717) is 18.0 Å². The van der Waals surface area contributed by atoms with Gasteiger partial charge in [0.05, 0.1) is 18.8 Å². The third-order valence-corrected chi connectivity index (χ3v) is 7.30. The standard InChI is InChI=1S/C31H36N6O5/c1-31(2,3)42-27(40)15-21(14-26(32)39)24(38)13-19-9-10-20-6-4-8-25(23(20)12-19)41-16-22-7-5-11-37(22)30-28-29(34-17-33-28)35-18-36-30/h4,6,8-10,12,17-18,21-22H,5,7,11,13-16H2,1-3H3,(H2,32,39)(H,33,34,35,36)/t21-,22+/m0/s1. The lowest BCUT2D eigenvalue weighted by atomic mass is 9.91. The zero-order valence-electron chi connectivity index (χ0n) is 24.1. The smallest absolute Gasteiger partial charge is 0.307 e. The van der Waals surface area contributed by atoms with Crippen molar-refractivity contribution in [1.82, 2.24) is 19.9 Å². The van der Waals surface area contributed by atoms with Gasteiger partial charge in [-0.1, -0.05) is 24.3 Å². The maximum Gasteiger partial charge on any atom is 0.307 e. The SMILES string of the molecule is CC(C)(C)OC(=O)C[C@H](CC(N)=O)C(=O)Cc1ccc2cccc(OC[C@H]3CCCN3c3ncnc4nc[nH]c34)c2c1. The summed E-state index contributed by atoms with van der Waals surface area (Å²) in [5.74, 6) is -0.732. The Balaban J connectivity index is 1.31. The molecule has 220 valence electrons. The van der Waals surface area contributed by atoms with Crippen LogP contribution in [0.3, 0.4) is 0 Å². The van der Waals surface area contributed by atoms with E-state index in [2.05, 4.69) is 24.8 Å². The van der Waals surface area contributed by atoms with Crippen LogP contribution in [-0.2, 0) is 25.5 Å². The van der Waals surface area contributed by atoms with Crippen LogP contribution < -0.4 is 15.4 Å². The van der Waals surface area contributed by atoms with E-state index in [1.165, 1.54) is 6.33 Å². The molecule has 1 amide bonds. The number of Topliss-reactive ketones (excluding diaryl/α,β-unsaturated/α-hetero) is 1. The van der Waals surface area contributed by atoms with Crippen molar-refractivity contribution in [3.8, 4) is 5.75 Å². The topological polar surface area (TPSA) is 153 Å². The monoisotopic (exact) mass is 572 g/mol. The van der Waals surface area contributed by atoms with E-state index in [1.807, 2.05) is 36.4 Å². The number of anilines is 1. The minimum atomic E-state index is -0.851. The van der Waals surface area contributed by atoms with Crippen molar-refractivity contribution < 1.29 is 23.9 Å². The number of primary amides is 1. The number of hydrogen-bond donors (Lipinski definition) is 2. The predicted molar refractivity (Wildman–Crippen MR) is 158 cm³/mol. The number of hydrogen-bond acceptors (Lipinski definition) is 9. The van der Waals surface area contributed by atoms with E-state index in [0.717, 1.165) is 47.1 Å². The van der Waals surface area contributed by atoms with Crippen molar-refractivity contribution in [2.75, 3.05) is 18.1 Å². The van der Waals surface area contributed by atoms with E-state index in [1.54, 1.807) is 27.1 Å². The van der Waals surface area contributed by atoms with Gasteiger partial charge in [-0.2, -0.15) is 0 Å². The number of ketones is 1. The molecule has 0 saturated carbocycles. The van der Waals surface area contributed by atoms with Crippen molar-refractivity contribution in [2.45, 2.75) is 64.5 Å². The molecule has 1 saturated heterocycles. The number of H-pyrrole nitrogens is 1. The molecule has 0 spiro atoms. The number of benzene rings is 2. The summed E-state index contributed by atoms with van der Waals surface area (Å²) in [7, 11) is 0. The predicted octanol–water partition coefficient (Wildman–Crippen LogP) is 3.89. The van der Waals surface area contributed by atoms with Crippen molar-refractivity contribution in [3.05, 3.63) is 54.6 Å². The molecular formula is C31H36N6O5. The molecule has 2 atom stereocenters. The minimum absolute atomic E-state index is 0.0509. The molecule has 1 fully saturated rings. The summed E-state index contributed by atoms with van der Waals surface area (Å²) in [4.78, 5) is 55.7. The lowest BCUT2D eigenvalue weighted by Gasteiger charge is -2.26. The van der Waals surface area contributed by atoms with E-state index in [4.69, 9.17) is 15.2 Å². The first-order chi connectivity index (χ1) is 20.1. The molecule has 42 heavy (non-hydrogen) atoms. The van der Waals surface area contributed by atoms with E-state index in [9.17, 15) is 14.4 Å². The van der Waals surface area contributed by atoms with E-state index >= 15 is 0 Å². The molecule has 11 heteroatoms. The highest BCUT2D eigenvalue weighted by Crippen LogP contribution is 2.31. The van der Waals surface area contributed by atoms with Gasteiger partial charge in [0.15, 0.2) is 11.5 Å². The molecule has 5 rings (SSSR count). The summed E-state index contributed by atoms with van der Waals surface area (Å²) in [5.41, 5.74) is 6.91. The number of aromatic nitrogens is 4. The first kappa shape index (κ1) is 29.0. The highest BCUT2D eigenvalue weighted by Gasteiger charge is 2.29. The van der Waals surface area contributed by atoms with Crippen LogP contribution in [0, 0.1) is 5.92 Å². The van der Waals surface area contributed by atoms with E-state index < -0.39 is 23.4 Å². The minimum Gasteiger partial charge on any atom is -0.491 e. The number of rotatable bonds is 11. The summed E-state index contributed by atoms with van der Waals surface area (Å²) in [6.07, 6.45) is 4.77. The Labute approximate surface area is 243 Å². The Kier molecular flexibility index (Phi) is 8.37. The Hall–Kier alpha value is -4.54. The average molecular weight is 573 g/mol. The van der Waals surface area contributed by atoms with Gasteiger partial charge >= 0.3 is 5.97 Å². The van der Waals surface area contributed by atoms with Gasteiger partial charge in [0.25, 0.3) is 0 Å². The summed E-state index contributed by atoms with van der Waals surface area (Å²) < 4.78 is 11.8. The number of aromatic amines is 1. The summed E-state index contributed by atoms with van der Waals surface area (Å²) in [6, 6.07) is 11.7. The number of amides is 1. The Morgan fingerprint density at radius 2 is 1.95 bits per heavy atom. The molecule has 2 aromatic carbocycles. The Morgan fingerprint density at radius 1 is 1.12 bits per heavy atom. The normalized spacial score (nSPS) is 16.1. The van der Waals surface area contributed by atoms with Crippen molar-refractivity contribution >= 4 is 45.4 Å². The number of nitrogens with zero attached hydrogens (tertiary/aromatic N) is 4. The molecule has 1 aliphatic rings. The first-order valence-electron chi connectivity index (χ1n) is 14.2. The third kappa shape index (κ3) is 6.84. The quantitative estimate of drug-likeness (QED) is 0.255.